The second-order valence-corrected chi connectivity index (χ2v) is 6.79. The molecule has 3 N–H and O–H groups in total. The van der Waals surface area contributed by atoms with E-state index in [0.717, 1.165) is 27.9 Å². The van der Waals surface area contributed by atoms with Gasteiger partial charge in [-0.1, -0.05) is 0 Å². The van der Waals surface area contributed by atoms with E-state index >= 15 is 0 Å². The zero-order valence-electron chi connectivity index (χ0n) is 8.00. The maximum absolute atomic E-state index is 5.61. The molecule has 2 unspecified atom stereocenters. The van der Waals surface area contributed by atoms with Crippen LogP contribution in [0.15, 0.2) is 14.3 Å². The summed E-state index contributed by atoms with van der Waals surface area (Å²) in [5, 5.41) is 0. The third kappa shape index (κ3) is 2.62. The van der Waals surface area contributed by atoms with Crippen LogP contribution < -0.4 is 11.3 Å². The first kappa shape index (κ1) is 12.0. The lowest BCUT2D eigenvalue weighted by atomic mass is 9.98. The fraction of sp³-hybridized carbons (Fsp3) is 0.556. The van der Waals surface area contributed by atoms with E-state index in [1.165, 1.54) is 4.88 Å². The van der Waals surface area contributed by atoms with Crippen molar-refractivity contribution in [2.24, 2.45) is 11.8 Å². The van der Waals surface area contributed by atoms with E-state index in [9.17, 15) is 0 Å². The molecule has 1 fully saturated rings. The van der Waals surface area contributed by atoms with E-state index in [1.54, 1.807) is 11.3 Å². The lowest BCUT2D eigenvalue weighted by Gasteiger charge is -2.19. The molecule has 0 amide bonds. The maximum Gasteiger partial charge on any atom is 0.0843 e. The van der Waals surface area contributed by atoms with Crippen LogP contribution in [0.4, 0.5) is 0 Å². The van der Waals surface area contributed by atoms with Gasteiger partial charge in [-0.2, -0.15) is 0 Å². The average Bonchev–Trinajstić information content (AvgIpc) is 2.80. The Balaban J connectivity index is 2.18. The summed E-state index contributed by atoms with van der Waals surface area (Å²) in [6.45, 7) is 1.64. The molecule has 1 aliphatic heterocycles. The molecule has 0 spiro atoms. The summed E-state index contributed by atoms with van der Waals surface area (Å²) in [6, 6.07) is 2.30. The van der Waals surface area contributed by atoms with Crippen molar-refractivity contribution >= 4 is 43.2 Å². The Morgan fingerprint density at radius 1 is 1.60 bits per heavy atom. The number of thiophene rings is 1. The highest BCUT2D eigenvalue weighted by molar-refractivity contribution is 9.13. The molecule has 2 heterocycles. The number of nitrogens with one attached hydrogen (secondary N) is 1. The van der Waals surface area contributed by atoms with Crippen molar-refractivity contribution in [3.05, 3.63) is 19.2 Å². The lowest BCUT2D eigenvalue weighted by molar-refractivity contribution is 0.177. The first-order valence-electron chi connectivity index (χ1n) is 4.71. The molecule has 15 heavy (non-hydrogen) atoms. The molecular formula is C9H12Br2N2OS. The van der Waals surface area contributed by atoms with E-state index in [-0.39, 0.29) is 6.04 Å². The zero-order chi connectivity index (χ0) is 10.8. The number of hydrazine groups is 1. The van der Waals surface area contributed by atoms with E-state index < -0.39 is 0 Å². The third-order valence-corrected chi connectivity index (χ3v) is 5.93. The van der Waals surface area contributed by atoms with Gasteiger partial charge in [0, 0.05) is 21.9 Å². The highest BCUT2D eigenvalue weighted by atomic mass is 79.9. The zero-order valence-corrected chi connectivity index (χ0v) is 12.0. The monoisotopic (exact) mass is 354 g/mol. The Labute approximate surface area is 110 Å². The standard InChI is InChI=1S/C9H12Br2N2OS/c10-6-3-7(15-9(6)11)8(13-12)5-1-2-14-4-5/h3,5,8,13H,1-2,4,12H2. The van der Waals surface area contributed by atoms with Crippen molar-refractivity contribution in [1.29, 1.82) is 0 Å². The number of hydrogen-bond acceptors (Lipinski definition) is 4. The summed E-state index contributed by atoms with van der Waals surface area (Å²) in [6.07, 6.45) is 1.07. The van der Waals surface area contributed by atoms with E-state index in [4.69, 9.17) is 10.6 Å². The number of halogens is 2. The largest absolute Gasteiger partial charge is 0.381 e. The summed E-state index contributed by atoms with van der Waals surface area (Å²) in [5.41, 5.74) is 2.89. The van der Waals surface area contributed by atoms with Crippen molar-refractivity contribution in [2.75, 3.05) is 13.2 Å². The lowest BCUT2D eigenvalue weighted by Crippen LogP contribution is -2.33. The van der Waals surface area contributed by atoms with Gasteiger partial charge in [-0.25, -0.2) is 0 Å². The van der Waals surface area contributed by atoms with Gasteiger partial charge < -0.3 is 4.74 Å². The SMILES string of the molecule is NNC(c1cc(Br)c(Br)s1)C1CCOC1. The molecule has 0 bridgehead atoms. The van der Waals surface area contributed by atoms with Gasteiger partial charge in [-0.15, -0.1) is 11.3 Å². The fourth-order valence-electron chi connectivity index (χ4n) is 1.78. The Bertz CT molecular complexity index is 319. The van der Waals surface area contributed by atoms with Crippen molar-refractivity contribution in [1.82, 2.24) is 5.43 Å². The van der Waals surface area contributed by atoms with Gasteiger partial charge in [-0.05, 0) is 44.3 Å². The quantitative estimate of drug-likeness (QED) is 0.647. The minimum Gasteiger partial charge on any atom is -0.381 e. The predicted molar refractivity (Wildman–Crippen MR) is 68.7 cm³/mol. The number of ether oxygens (including phenoxy) is 1. The van der Waals surface area contributed by atoms with Crippen LogP contribution in [-0.2, 0) is 4.74 Å². The van der Waals surface area contributed by atoms with Crippen LogP contribution >= 0.6 is 43.2 Å². The number of rotatable bonds is 3. The maximum atomic E-state index is 5.61. The minimum absolute atomic E-state index is 0.195. The molecule has 0 saturated carbocycles. The van der Waals surface area contributed by atoms with Gasteiger partial charge in [0.25, 0.3) is 0 Å². The summed E-state index contributed by atoms with van der Waals surface area (Å²) < 4.78 is 7.58. The van der Waals surface area contributed by atoms with E-state index in [0.29, 0.717) is 5.92 Å². The molecule has 6 heteroatoms. The summed E-state index contributed by atoms with van der Waals surface area (Å²) in [4.78, 5) is 1.24. The van der Waals surface area contributed by atoms with Crippen LogP contribution in [0.25, 0.3) is 0 Å². The highest BCUT2D eigenvalue weighted by Gasteiger charge is 2.27. The van der Waals surface area contributed by atoms with Crippen LogP contribution in [0, 0.1) is 5.92 Å². The third-order valence-electron chi connectivity index (χ3n) is 2.59. The molecule has 2 rings (SSSR count). The van der Waals surface area contributed by atoms with E-state index in [2.05, 4.69) is 43.4 Å². The second kappa shape index (κ2) is 5.25. The molecule has 1 aromatic heterocycles. The summed E-state index contributed by atoms with van der Waals surface area (Å²) in [5.74, 6) is 6.09. The van der Waals surface area contributed by atoms with Gasteiger partial charge >= 0.3 is 0 Å². The van der Waals surface area contributed by atoms with Crippen molar-refractivity contribution in [2.45, 2.75) is 12.5 Å². The smallest absolute Gasteiger partial charge is 0.0843 e. The van der Waals surface area contributed by atoms with Crippen LogP contribution in [0.1, 0.15) is 17.3 Å². The van der Waals surface area contributed by atoms with Gasteiger partial charge in [0.1, 0.15) is 0 Å². The Morgan fingerprint density at radius 3 is 2.87 bits per heavy atom. The van der Waals surface area contributed by atoms with Gasteiger partial charge in [0.15, 0.2) is 0 Å². The fourth-order valence-corrected chi connectivity index (χ4v) is 4.03. The molecule has 0 aromatic carbocycles. The minimum atomic E-state index is 0.195. The normalized spacial score (nSPS) is 23.3. The number of hydrogen-bond donors (Lipinski definition) is 2. The molecule has 1 saturated heterocycles. The molecule has 1 aliphatic rings. The molecule has 84 valence electrons. The molecule has 0 radical (unpaired) electrons. The van der Waals surface area contributed by atoms with Gasteiger partial charge in [0.2, 0.25) is 0 Å². The molecule has 3 nitrogen and oxygen atoms in total. The summed E-state index contributed by atoms with van der Waals surface area (Å²) in [7, 11) is 0. The van der Waals surface area contributed by atoms with Gasteiger partial charge in [-0.3, -0.25) is 11.3 Å². The van der Waals surface area contributed by atoms with Crippen molar-refractivity contribution < 1.29 is 4.74 Å². The number of nitrogens with two attached hydrogens (primary N) is 1. The van der Waals surface area contributed by atoms with E-state index in [1.807, 2.05) is 0 Å². The molecule has 2 atom stereocenters. The van der Waals surface area contributed by atoms with Crippen molar-refractivity contribution in [3.8, 4) is 0 Å². The van der Waals surface area contributed by atoms with Gasteiger partial charge in [0.05, 0.1) is 16.4 Å². The predicted octanol–water partition coefficient (Wildman–Crippen LogP) is 2.81. The molecular weight excluding hydrogens is 344 g/mol. The average molecular weight is 356 g/mol. The van der Waals surface area contributed by atoms with Crippen molar-refractivity contribution in [3.63, 3.8) is 0 Å². The van der Waals surface area contributed by atoms with Crippen LogP contribution in [0.2, 0.25) is 0 Å². The second-order valence-electron chi connectivity index (χ2n) is 3.54. The summed E-state index contributed by atoms with van der Waals surface area (Å²) >= 11 is 8.69. The Kier molecular flexibility index (Phi) is 4.20. The Hall–Kier alpha value is 0.540. The molecule has 0 aliphatic carbocycles. The van der Waals surface area contributed by atoms with Crippen LogP contribution in [0.3, 0.4) is 0 Å². The van der Waals surface area contributed by atoms with Crippen LogP contribution in [-0.4, -0.2) is 13.2 Å². The van der Waals surface area contributed by atoms with Crippen LogP contribution in [0.5, 0.6) is 0 Å². The topological polar surface area (TPSA) is 47.3 Å². The molecule has 1 aromatic rings. The highest BCUT2D eigenvalue weighted by Crippen LogP contribution is 2.39. The first-order valence-corrected chi connectivity index (χ1v) is 7.11. The Morgan fingerprint density at radius 2 is 2.40 bits per heavy atom. The first-order chi connectivity index (χ1) is 7.22.